The number of benzene rings is 6. The summed E-state index contributed by atoms with van der Waals surface area (Å²) < 4.78 is 0. The molecule has 0 spiro atoms. The number of hydrogen-bond acceptors (Lipinski definition) is 5. The predicted molar refractivity (Wildman–Crippen MR) is 201 cm³/mol. The van der Waals surface area contributed by atoms with Gasteiger partial charge in [0.25, 0.3) is 0 Å². The molecule has 1 atom stereocenters. The van der Waals surface area contributed by atoms with E-state index in [1.165, 1.54) is 0 Å². The molecule has 0 saturated heterocycles. The maximum Gasteiger partial charge on any atom is 0.367 e. The van der Waals surface area contributed by atoms with Crippen molar-refractivity contribution in [2.24, 2.45) is 0 Å². The van der Waals surface area contributed by atoms with Gasteiger partial charge in [-0.25, -0.2) is 21.5 Å². The van der Waals surface area contributed by atoms with Gasteiger partial charge in [0.05, 0.1) is 11.1 Å². The number of nitrogens with zero attached hydrogens (tertiary/aromatic N) is 6. The molecule has 2 aromatic heterocycles. The Labute approximate surface area is 294 Å². The highest BCUT2D eigenvalue weighted by Crippen LogP contribution is 2.52. The quantitative estimate of drug-likeness (QED) is 0.173. The molecule has 6 nitrogen and oxygen atoms in total. The Morgan fingerprint density at radius 3 is 1.65 bits per heavy atom. The first-order valence-corrected chi connectivity index (χ1v) is 16.5. The van der Waals surface area contributed by atoms with Gasteiger partial charge in [0.1, 0.15) is 0 Å². The number of rotatable bonds is 5. The Kier molecular flexibility index (Phi) is 7.02. The average Bonchev–Trinajstić information content (AvgIpc) is 3.48. The third-order valence-corrected chi connectivity index (χ3v) is 9.52. The van der Waals surface area contributed by atoms with Crippen LogP contribution < -0.4 is 0 Å². The second kappa shape index (κ2) is 12.0. The lowest BCUT2D eigenvalue weighted by molar-refractivity contribution is 0.857. The molecular weight excluding hydrogens is 625 g/mol. The van der Waals surface area contributed by atoms with Crippen molar-refractivity contribution in [3.63, 3.8) is 0 Å². The molecule has 236 valence electrons. The molecule has 0 bridgehead atoms. The van der Waals surface area contributed by atoms with Crippen molar-refractivity contribution in [1.82, 2.24) is 19.9 Å². The van der Waals surface area contributed by atoms with E-state index in [1.54, 1.807) is 6.20 Å². The zero-order chi connectivity index (χ0) is 34.4. The molecule has 0 aliphatic heterocycles. The molecule has 9 rings (SSSR count). The van der Waals surface area contributed by atoms with E-state index in [0.29, 0.717) is 23.0 Å². The second-order valence-corrected chi connectivity index (χ2v) is 12.5. The molecule has 0 fully saturated rings. The van der Waals surface area contributed by atoms with E-state index in [1.807, 2.05) is 115 Å². The zero-order valence-corrected chi connectivity index (χ0v) is 27.2. The molecule has 0 amide bonds. The summed E-state index contributed by atoms with van der Waals surface area (Å²) in [7, 11) is 0. The minimum Gasteiger partial charge on any atom is -0.283 e. The van der Waals surface area contributed by atoms with Gasteiger partial charge in [0.2, 0.25) is 0 Å². The van der Waals surface area contributed by atoms with E-state index in [4.69, 9.17) is 21.5 Å². The van der Waals surface area contributed by atoms with Gasteiger partial charge in [-0.2, -0.15) is 5.26 Å². The summed E-state index contributed by atoms with van der Waals surface area (Å²) in [4.78, 5) is 23.3. The van der Waals surface area contributed by atoms with E-state index in [2.05, 4.69) is 52.3 Å². The van der Waals surface area contributed by atoms with E-state index < -0.39 is 5.54 Å². The van der Waals surface area contributed by atoms with Crippen molar-refractivity contribution < 1.29 is 0 Å². The smallest absolute Gasteiger partial charge is 0.283 e. The van der Waals surface area contributed by atoms with Crippen molar-refractivity contribution in [1.29, 1.82) is 5.26 Å². The molecular formula is C45H26N6. The van der Waals surface area contributed by atoms with E-state index in [9.17, 15) is 5.26 Å². The maximum absolute atomic E-state index is 10.7. The zero-order valence-electron chi connectivity index (χ0n) is 27.2. The van der Waals surface area contributed by atoms with E-state index in [-0.39, 0.29) is 0 Å². The Morgan fingerprint density at radius 2 is 1.04 bits per heavy atom. The van der Waals surface area contributed by atoms with Crippen LogP contribution in [-0.4, -0.2) is 19.9 Å². The number of fused-ring (bicyclic) bond motifs is 4. The van der Waals surface area contributed by atoms with Crippen molar-refractivity contribution in [3.05, 3.63) is 181 Å². The molecule has 0 radical (unpaired) electrons. The highest BCUT2D eigenvalue weighted by molar-refractivity contribution is 5.96. The number of aromatic nitrogens is 4. The second-order valence-electron chi connectivity index (χ2n) is 12.5. The van der Waals surface area contributed by atoms with Crippen LogP contribution in [0.3, 0.4) is 0 Å². The van der Waals surface area contributed by atoms with Crippen LogP contribution in [0.1, 0.15) is 11.1 Å². The van der Waals surface area contributed by atoms with Crippen LogP contribution in [0.25, 0.3) is 83.2 Å². The number of pyridine rings is 1. The van der Waals surface area contributed by atoms with Crippen LogP contribution in [0.4, 0.5) is 0 Å². The van der Waals surface area contributed by atoms with E-state index in [0.717, 1.165) is 66.4 Å². The monoisotopic (exact) mass is 650 g/mol. The lowest BCUT2D eigenvalue weighted by Gasteiger charge is -2.14. The summed E-state index contributed by atoms with van der Waals surface area (Å²) >= 11 is 0. The van der Waals surface area contributed by atoms with Crippen molar-refractivity contribution in [2.75, 3.05) is 0 Å². The number of nitriles is 1. The first kappa shape index (κ1) is 29.8. The standard InChI is InChI=1S/C45H26N6/c1-47-45(28-46)40-26-33(18-19-38(40)39-24-31-15-8-9-16-32(31)25-41(39)45)35-21-36(34-17-10-20-48-27-34)23-37(22-35)44-50-42(29-11-4-2-5-12-29)49-43(51-44)30-13-6-3-7-14-30/h2-27H. The maximum atomic E-state index is 10.7. The summed E-state index contributed by atoms with van der Waals surface area (Å²) in [6, 6.07) is 50.7. The van der Waals surface area contributed by atoms with Gasteiger partial charge < -0.3 is 0 Å². The van der Waals surface area contributed by atoms with Crippen molar-refractivity contribution in [2.45, 2.75) is 5.54 Å². The predicted octanol–water partition coefficient (Wildman–Crippen LogP) is 10.4. The SMILES string of the molecule is [C-]#[N+]C1(C#N)c2cc(-c3cc(-c4cccnc4)cc(-c4nc(-c5ccccc5)nc(-c5ccccc5)n4)c3)ccc2-c2cc3ccccc3cc21. The minimum atomic E-state index is -1.46. The fourth-order valence-corrected chi connectivity index (χ4v) is 6.99. The molecule has 6 aromatic carbocycles. The Balaban J connectivity index is 1.25. The molecule has 1 aliphatic rings. The molecule has 2 heterocycles. The molecule has 1 unspecified atom stereocenters. The highest BCUT2D eigenvalue weighted by Gasteiger charge is 2.51. The molecule has 51 heavy (non-hydrogen) atoms. The largest absolute Gasteiger partial charge is 0.367 e. The first-order chi connectivity index (χ1) is 25.1. The fourth-order valence-electron chi connectivity index (χ4n) is 6.99. The Bertz CT molecular complexity index is 2640. The van der Waals surface area contributed by atoms with Crippen LogP contribution in [0.15, 0.2) is 158 Å². The summed E-state index contributed by atoms with van der Waals surface area (Å²) in [5, 5.41) is 12.7. The van der Waals surface area contributed by atoms with Gasteiger partial charge in [-0.05, 0) is 81.1 Å². The summed E-state index contributed by atoms with van der Waals surface area (Å²) in [6.07, 6.45) is 3.59. The third kappa shape index (κ3) is 5.03. The fraction of sp³-hybridized carbons (Fsp3) is 0.0222. The minimum absolute atomic E-state index is 0.530. The third-order valence-electron chi connectivity index (χ3n) is 9.52. The van der Waals surface area contributed by atoms with Crippen LogP contribution in [-0.2, 0) is 5.54 Å². The van der Waals surface area contributed by atoms with Crippen LogP contribution >= 0.6 is 0 Å². The first-order valence-electron chi connectivity index (χ1n) is 16.5. The van der Waals surface area contributed by atoms with Crippen molar-refractivity contribution in [3.8, 4) is 73.6 Å². The van der Waals surface area contributed by atoms with Crippen LogP contribution in [0.5, 0.6) is 0 Å². The van der Waals surface area contributed by atoms with E-state index >= 15 is 0 Å². The van der Waals surface area contributed by atoms with Gasteiger partial charge in [-0.3, -0.25) is 9.83 Å². The Hall–Kier alpha value is -7.28. The Morgan fingerprint density at radius 1 is 0.490 bits per heavy atom. The summed E-state index contributed by atoms with van der Waals surface area (Å²) in [5.74, 6) is 1.68. The van der Waals surface area contributed by atoms with Gasteiger partial charge in [0.15, 0.2) is 23.5 Å². The molecule has 0 saturated carbocycles. The lowest BCUT2D eigenvalue weighted by atomic mass is 9.87. The summed E-state index contributed by atoms with van der Waals surface area (Å²) in [6.45, 7) is 8.34. The molecule has 8 aromatic rings. The van der Waals surface area contributed by atoms with Crippen molar-refractivity contribution >= 4 is 10.8 Å². The normalized spacial score (nSPS) is 14.3. The van der Waals surface area contributed by atoms with Gasteiger partial charge in [-0.15, -0.1) is 0 Å². The highest BCUT2D eigenvalue weighted by atomic mass is 15.0. The molecule has 1 aliphatic carbocycles. The van der Waals surface area contributed by atoms with Crippen LogP contribution in [0, 0.1) is 17.9 Å². The number of hydrogen-bond donors (Lipinski definition) is 0. The average molecular weight is 651 g/mol. The summed E-state index contributed by atoms with van der Waals surface area (Å²) in [5.41, 5.74) is 8.00. The van der Waals surface area contributed by atoms with Gasteiger partial charge >= 0.3 is 5.54 Å². The molecule has 0 N–H and O–H groups in total. The topological polar surface area (TPSA) is 79.7 Å². The lowest BCUT2D eigenvalue weighted by Crippen LogP contribution is -2.17. The van der Waals surface area contributed by atoms with Crippen LogP contribution in [0.2, 0.25) is 0 Å². The van der Waals surface area contributed by atoms with Gasteiger partial charge in [0, 0.05) is 34.6 Å². The molecule has 6 heteroatoms. The van der Waals surface area contributed by atoms with Gasteiger partial charge in [-0.1, -0.05) is 103 Å².